The first-order chi connectivity index (χ1) is 14.8. The Kier molecular flexibility index (Phi) is 7.03. The normalized spacial score (nSPS) is 11.5. The third-order valence-electron chi connectivity index (χ3n) is 4.12. The third kappa shape index (κ3) is 5.89. The number of anilines is 1. The van der Waals surface area contributed by atoms with Crippen LogP contribution in [0.15, 0.2) is 53.4 Å². The summed E-state index contributed by atoms with van der Waals surface area (Å²) in [6.45, 7) is 3.82. The van der Waals surface area contributed by atoms with Crippen LogP contribution in [0.4, 0.5) is 5.13 Å². The lowest BCUT2D eigenvalue weighted by Crippen LogP contribution is -2.10. The summed E-state index contributed by atoms with van der Waals surface area (Å²) in [5.74, 6) is -0.0966. The highest BCUT2D eigenvalue weighted by atomic mass is 32.2. The van der Waals surface area contributed by atoms with Crippen LogP contribution in [0.3, 0.4) is 0 Å². The molecule has 0 bridgehead atoms. The van der Waals surface area contributed by atoms with Crippen LogP contribution in [0.5, 0.6) is 11.5 Å². The first-order valence-electron chi connectivity index (χ1n) is 9.31. The molecular formula is C21H21N3O5S2. The molecule has 3 aromatic rings. The van der Waals surface area contributed by atoms with E-state index in [4.69, 9.17) is 8.92 Å². The first-order valence-corrected chi connectivity index (χ1v) is 11.5. The predicted octanol–water partition coefficient (Wildman–Crippen LogP) is 3.84. The number of benzene rings is 2. The zero-order valence-corrected chi connectivity index (χ0v) is 18.8. The molecule has 0 aliphatic carbocycles. The molecule has 0 unspecified atom stereocenters. The highest BCUT2D eigenvalue weighted by Crippen LogP contribution is 2.31. The van der Waals surface area contributed by atoms with Crippen LogP contribution >= 0.6 is 11.3 Å². The fourth-order valence-corrected chi connectivity index (χ4v) is 4.12. The molecule has 2 aromatic carbocycles. The number of carbonyl (C=O) groups excluding carboxylic acids is 1. The molecule has 0 radical (unpaired) electrons. The topological polar surface area (TPSA) is 107 Å². The van der Waals surface area contributed by atoms with Crippen molar-refractivity contribution in [3.05, 3.63) is 64.7 Å². The van der Waals surface area contributed by atoms with Crippen molar-refractivity contribution in [2.45, 2.75) is 25.2 Å². The van der Waals surface area contributed by atoms with Gasteiger partial charge in [0.25, 0.3) is 0 Å². The van der Waals surface area contributed by atoms with Crippen LogP contribution in [-0.4, -0.2) is 31.6 Å². The van der Waals surface area contributed by atoms with E-state index in [1.54, 1.807) is 30.3 Å². The minimum absolute atomic E-state index is 0.0451. The van der Waals surface area contributed by atoms with E-state index in [1.165, 1.54) is 42.7 Å². The highest BCUT2D eigenvalue weighted by Gasteiger charge is 2.19. The third-order valence-corrected chi connectivity index (χ3v) is 6.35. The Morgan fingerprint density at radius 3 is 2.52 bits per heavy atom. The first kappa shape index (κ1) is 22.4. The van der Waals surface area contributed by atoms with Crippen LogP contribution in [-0.2, 0) is 21.3 Å². The van der Waals surface area contributed by atoms with Crippen LogP contribution in [0.25, 0.3) is 6.08 Å². The number of amides is 1. The Balaban J connectivity index is 1.72. The van der Waals surface area contributed by atoms with E-state index in [-0.39, 0.29) is 22.3 Å². The van der Waals surface area contributed by atoms with Crippen molar-refractivity contribution >= 4 is 38.6 Å². The van der Waals surface area contributed by atoms with Gasteiger partial charge in [0.15, 0.2) is 11.5 Å². The summed E-state index contributed by atoms with van der Waals surface area (Å²) in [6, 6.07) is 11.0. The van der Waals surface area contributed by atoms with E-state index in [2.05, 4.69) is 15.5 Å². The number of hydrogen-bond donors (Lipinski definition) is 1. The van der Waals surface area contributed by atoms with Crippen molar-refractivity contribution in [3.63, 3.8) is 0 Å². The fourth-order valence-electron chi connectivity index (χ4n) is 2.49. The molecule has 0 saturated carbocycles. The minimum Gasteiger partial charge on any atom is -0.493 e. The van der Waals surface area contributed by atoms with Gasteiger partial charge in [-0.25, -0.2) is 0 Å². The summed E-state index contributed by atoms with van der Waals surface area (Å²) in [5.41, 5.74) is 1.56. The molecule has 0 saturated heterocycles. The average Bonchev–Trinajstić information content (AvgIpc) is 3.20. The van der Waals surface area contributed by atoms with Crippen LogP contribution in [0.2, 0.25) is 0 Å². The van der Waals surface area contributed by atoms with E-state index in [9.17, 15) is 13.2 Å². The zero-order valence-electron chi connectivity index (χ0n) is 17.2. The van der Waals surface area contributed by atoms with Crippen molar-refractivity contribution in [1.82, 2.24) is 10.2 Å². The van der Waals surface area contributed by atoms with Crippen LogP contribution in [0.1, 0.15) is 23.1 Å². The molecule has 1 N–H and O–H groups in total. The SMILES string of the molecule is CCc1nnc(NC(=O)/C=C/c2ccc(OS(=O)(=O)c3ccc(C)cc3)c(OC)c2)s1. The number of carbonyl (C=O) groups is 1. The lowest BCUT2D eigenvalue weighted by Gasteiger charge is -2.11. The zero-order chi connectivity index (χ0) is 22.4. The van der Waals surface area contributed by atoms with Crippen molar-refractivity contribution in [2.24, 2.45) is 0 Å². The Hall–Kier alpha value is -3.24. The van der Waals surface area contributed by atoms with Gasteiger partial charge in [-0.3, -0.25) is 10.1 Å². The number of rotatable bonds is 8. The summed E-state index contributed by atoms with van der Waals surface area (Å²) in [4.78, 5) is 12.1. The summed E-state index contributed by atoms with van der Waals surface area (Å²) in [7, 11) is -2.61. The van der Waals surface area contributed by atoms with E-state index in [0.717, 1.165) is 17.0 Å². The quantitative estimate of drug-likeness (QED) is 0.403. The Morgan fingerprint density at radius 2 is 1.87 bits per heavy atom. The smallest absolute Gasteiger partial charge is 0.339 e. The molecule has 1 heterocycles. The maximum absolute atomic E-state index is 12.5. The van der Waals surface area contributed by atoms with Gasteiger partial charge in [0.2, 0.25) is 11.0 Å². The van der Waals surface area contributed by atoms with Crippen LogP contribution < -0.4 is 14.2 Å². The maximum Gasteiger partial charge on any atom is 0.339 e. The van der Waals surface area contributed by atoms with Crippen molar-refractivity contribution in [2.75, 3.05) is 12.4 Å². The second-order valence-electron chi connectivity index (χ2n) is 6.44. The van der Waals surface area contributed by atoms with Gasteiger partial charge in [0, 0.05) is 6.08 Å². The minimum atomic E-state index is -4.01. The second-order valence-corrected chi connectivity index (χ2v) is 9.05. The van der Waals surface area contributed by atoms with Gasteiger partial charge in [-0.2, -0.15) is 8.42 Å². The number of nitrogens with zero attached hydrogens (tertiary/aromatic N) is 2. The van der Waals surface area contributed by atoms with E-state index in [1.807, 2.05) is 13.8 Å². The number of nitrogens with one attached hydrogen (secondary N) is 1. The fraction of sp³-hybridized carbons (Fsp3) is 0.190. The average molecular weight is 460 g/mol. The van der Waals surface area contributed by atoms with E-state index >= 15 is 0 Å². The van der Waals surface area contributed by atoms with Crippen LogP contribution in [0, 0.1) is 6.92 Å². The molecule has 8 nitrogen and oxygen atoms in total. The van der Waals surface area contributed by atoms with Crippen molar-refractivity contribution in [3.8, 4) is 11.5 Å². The van der Waals surface area contributed by atoms with Gasteiger partial charge in [-0.05, 0) is 49.2 Å². The summed E-state index contributed by atoms with van der Waals surface area (Å²) >= 11 is 1.31. The summed E-state index contributed by atoms with van der Waals surface area (Å²) < 4.78 is 35.6. The monoisotopic (exact) mass is 459 g/mol. The number of aryl methyl sites for hydroxylation is 2. The Morgan fingerprint density at radius 1 is 1.13 bits per heavy atom. The Bertz CT molecular complexity index is 1200. The Labute approximate surface area is 184 Å². The second kappa shape index (κ2) is 9.71. The lowest BCUT2D eigenvalue weighted by molar-refractivity contribution is -0.111. The van der Waals surface area contributed by atoms with Crippen molar-refractivity contribution in [1.29, 1.82) is 0 Å². The molecule has 0 aliphatic heterocycles. The van der Waals surface area contributed by atoms with E-state index in [0.29, 0.717) is 10.7 Å². The molecule has 1 aromatic heterocycles. The number of aromatic nitrogens is 2. The van der Waals surface area contributed by atoms with Gasteiger partial charge in [0.05, 0.1) is 7.11 Å². The number of hydrogen-bond acceptors (Lipinski definition) is 8. The van der Waals surface area contributed by atoms with Gasteiger partial charge >= 0.3 is 10.1 Å². The molecule has 0 fully saturated rings. The molecular weight excluding hydrogens is 438 g/mol. The lowest BCUT2D eigenvalue weighted by atomic mass is 10.2. The molecule has 0 aliphatic rings. The van der Waals surface area contributed by atoms with Gasteiger partial charge in [-0.1, -0.05) is 42.0 Å². The number of methoxy groups -OCH3 is 1. The standard InChI is InChI=1S/C21H21N3O5S2/c1-4-20-23-24-21(30-20)22-19(25)12-8-15-7-11-17(18(13-15)28-3)29-31(26,27)16-9-5-14(2)6-10-16/h5-13H,4H2,1-3H3,(H,22,24,25)/b12-8+. The summed E-state index contributed by atoms with van der Waals surface area (Å²) in [6.07, 6.45) is 3.65. The molecule has 31 heavy (non-hydrogen) atoms. The largest absolute Gasteiger partial charge is 0.493 e. The van der Waals surface area contributed by atoms with Gasteiger partial charge in [-0.15, -0.1) is 10.2 Å². The van der Waals surface area contributed by atoms with Gasteiger partial charge in [0.1, 0.15) is 9.90 Å². The highest BCUT2D eigenvalue weighted by molar-refractivity contribution is 7.87. The summed E-state index contributed by atoms with van der Waals surface area (Å²) in [5, 5.41) is 11.7. The molecule has 1 amide bonds. The molecule has 0 atom stereocenters. The van der Waals surface area contributed by atoms with E-state index < -0.39 is 10.1 Å². The molecule has 0 spiro atoms. The van der Waals surface area contributed by atoms with Gasteiger partial charge < -0.3 is 8.92 Å². The predicted molar refractivity (Wildman–Crippen MR) is 119 cm³/mol. The maximum atomic E-state index is 12.5. The number of ether oxygens (including phenoxy) is 1. The molecule has 10 heteroatoms. The van der Waals surface area contributed by atoms with Crippen molar-refractivity contribution < 1.29 is 22.1 Å². The molecule has 3 rings (SSSR count). The molecule has 162 valence electrons.